The molecule has 1 unspecified atom stereocenters. The van der Waals surface area contributed by atoms with Crippen LogP contribution < -0.4 is 14.4 Å². The summed E-state index contributed by atoms with van der Waals surface area (Å²) in [6.07, 6.45) is 0.893. The van der Waals surface area contributed by atoms with Crippen LogP contribution >= 0.6 is 23.2 Å². The molecule has 4 aromatic rings. The number of para-hydroxylation sites is 2. The highest BCUT2D eigenvalue weighted by molar-refractivity contribution is 7.92. The number of hydrogen-bond acceptors (Lipinski definition) is 5. The normalized spacial score (nSPS) is 11.8. The Labute approximate surface area is 280 Å². The molecule has 0 aliphatic heterocycles. The molecule has 0 radical (unpaired) electrons. The van der Waals surface area contributed by atoms with E-state index < -0.39 is 28.5 Å². The number of nitrogens with one attached hydrogen (secondary N) is 1. The molecule has 0 saturated carbocycles. The lowest BCUT2D eigenvalue weighted by atomic mass is 10.0. The first-order valence-electron chi connectivity index (χ1n) is 14.8. The topological polar surface area (TPSA) is 96.0 Å². The third-order valence-electron chi connectivity index (χ3n) is 7.40. The van der Waals surface area contributed by atoms with Gasteiger partial charge in [0.05, 0.1) is 27.7 Å². The summed E-state index contributed by atoms with van der Waals surface area (Å²) in [7, 11) is -2.84. The minimum Gasteiger partial charge on any atom is -0.495 e. The van der Waals surface area contributed by atoms with Gasteiger partial charge in [-0.3, -0.25) is 13.9 Å². The summed E-state index contributed by atoms with van der Waals surface area (Å²) in [5.74, 6) is -0.687. The van der Waals surface area contributed by atoms with Crippen molar-refractivity contribution in [3.63, 3.8) is 0 Å². The van der Waals surface area contributed by atoms with E-state index in [4.69, 9.17) is 27.9 Å². The molecule has 11 heteroatoms. The van der Waals surface area contributed by atoms with Gasteiger partial charge in [-0.15, -0.1) is 0 Å². The van der Waals surface area contributed by atoms with E-state index in [9.17, 15) is 18.0 Å². The molecular weight excluding hydrogens is 645 g/mol. The third-order valence-corrected chi connectivity index (χ3v) is 9.91. The fourth-order valence-electron chi connectivity index (χ4n) is 4.94. The van der Waals surface area contributed by atoms with E-state index in [0.29, 0.717) is 28.6 Å². The van der Waals surface area contributed by atoms with Gasteiger partial charge in [0.1, 0.15) is 18.3 Å². The Morgan fingerprint density at radius 2 is 1.54 bits per heavy atom. The lowest BCUT2D eigenvalue weighted by molar-refractivity contribution is -0.140. The van der Waals surface area contributed by atoms with E-state index in [1.54, 1.807) is 54.6 Å². The van der Waals surface area contributed by atoms with Crippen molar-refractivity contribution < 1.29 is 22.7 Å². The summed E-state index contributed by atoms with van der Waals surface area (Å²) in [5.41, 5.74) is 2.52. The first-order chi connectivity index (χ1) is 22.0. The molecule has 0 saturated heterocycles. The predicted octanol–water partition coefficient (Wildman–Crippen LogP) is 6.67. The molecule has 4 rings (SSSR count). The van der Waals surface area contributed by atoms with Crippen molar-refractivity contribution in [3.8, 4) is 5.75 Å². The van der Waals surface area contributed by atoms with E-state index >= 15 is 0 Å². The second-order valence-corrected chi connectivity index (χ2v) is 13.4. The SMILES string of the molecule is CCCNC(=O)C(Cc1ccccc1)N(Cc1ccc(Cl)c(Cl)c1)C(=O)CN(c1ccccc1OC)S(=O)(=O)c1ccc(C)cc1. The van der Waals surface area contributed by atoms with Gasteiger partial charge in [-0.05, 0) is 60.9 Å². The number of ether oxygens (including phenoxy) is 1. The summed E-state index contributed by atoms with van der Waals surface area (Å²) in [6.45, 7) is 3.57. The fraction of sp³-hybridized carbons (Fsp3) is 0.257. The maximum absolute atomic E-state index is 14.6. The number of halogens is 2. The summed E-state index contributed by atoms with van der Waals surface area (Å²) in [5, 5.41) is 3.56. The number of nitrogens with zero attached hydrogens (tertiary/aromatic N) is 2. The molecule has 0 bridgehead atoms. The Morgan fingerprint density at radius 1 is 0.870 bits per heavy atom. The summed E-state index contributed by atoms with van der Waals surface area (Å²) >= 11 is 12.5. The van der Waals surface area contributed by atoms with Crippen molar-refractivity contribution >= 4 is 50.7 Å². The zero-order valence-corrected chi connectivity index (χ0v) is 28.3. The van der Waals surface area contributed by atoms with Crippen molar-refractivity contribution in [3.05, 3.63) is 124 Å². The lowest BCUT2D eigenvalue weighted by Gasteiger charge is -2.34. The number of hydrogen-bond donors (Lipinski definition) is 1. The number of methoxy groups -OCH3 is 1. The quantitative estimate of drug-likeness (QED) is 0.160. The Balaban J connectivity index is 1.83. The molecule has 2 amide bonds. The zero-order chi connectivity index (χ0) is 33.3. The zero-order valence-electron chi connectivity index (χ0n) is 26.0. The number of aryl methyl sites for hydroxylation is 1. The minimum atomic E-state index is -4.27. The van der Waals surface area contributed by atoms with Crippen molar-refractivity contribution in [2.45, 2.75) is 44.2 Å². The Kier molecular flexibility index (Phi) is 12.1. The molecule has 46 heavy (non-hydrogen) atoms. The number of amides is 2. The minimum absolute atomic E-state index is 0.00867. The van der Waals surface area contributed by atoms with Crippen molar-refractivity contribution in [2.75, 3.05) is 24.5 Å². The molecule has 0 heterocycles. The molecule has 0 fully saturated rings. The van der Waals surface area contributed by atoms with Gasteiger partial charge in [0.15, 0.2) is 0 Å². The van der Waals surface area contributed by atoms with Crippen molar-refractivity contribution in [2.24, 2.45) is 0 Å². The average molecular weight is 683 g/mol. The molecule has 8 nitrogen and oxygen atoms in total. The van der Waals surface area contributed by atoms with Crippen LogP contribution in [0.1, 0.15) is 30.0 Å². The molecule has 4 aromatic carbocycles. The summed E-state index contributed by atoms with van der Waals surface area (Å²) in [4.78, 5) is 29.7. The molecule has 0 aliphatic carbocycles. The van der Waals surface area contributed by atoms with Gasteiger partial charge >= 0.3 is 0 Å². The van der Waals surface area contributed by atoms with Gasteiger partial charge in [-0.1, -0.05) is 96.4 Å². The Hall–Kier alpha value is -4.05. The van der Waals surface area contributed by atoms with Crippen LogP contribution in [0.4, 0.5) is 5.69 Å². The predicted molar refractivity (Wildman–Crippen MR) is 183 cm³/mol. The number of carbonyl (C=O) groups is 2. The molecule has 242 valence electrons. The van der Waals surface area contributed by atoms with E-state index in [-0.39, 0.29) is 35.2 Å². The first kappa shape index (κ1) is 34.8. The number of benzene rings is 4. The number of sulfonamides is 1. The highest BCUT2D eigenvalue weighted by Gasteiger charge is 2.35. The van der Waals surface area contributed by atoms with Crippen molar-refractivity contribution in [1.82, 2.24) is 10.2 Å². The molecule has 1 atom stereocenters. The van der Waals surface area contributed by atoms with Gasteiger partial charge in [0.2, 0.25) is 11.8 Å². The van der Waals surface area contributed by atoms with Crippen LogP contribution in [-0.4, -0.2) is 51.4 Å². The van der Waals surface area contributed by atoms with Crippen LogP contribution in [0.25, 0.3) is 0 Å². The molecule has 0 spiro atoms. The van der Waals surface area contributed by atoms with Gasteiger partial charge in [0.25, 0.3) is 10.0 Å². The first-order valence-corrected chi connectivity index (χ1v) is 17.0. The average Bonchev–Trinajstić information content (AvgIpc) is 3.06. The van der Waals surface area contributed by atoms with E-state index in [2.05, 4.69) is 5.32 Å². The second-order valence-electron chi connectivity index (χ2n) is 10.8. The molecule has 0 aliphatic rings. The smallest absolute Gasteiger partial charge is 0.264 e. The van der Waals surface area contributed by atoms with Crippen LogP contribution in [0, 0.1) is 6.92 Å². The molecule has 0 aromatic heterocycles. The maximum Gasteiger partial charge on any atom is 0.264 e. The van der Waals surface area contributed by atoms with Gasteiger partial charge in [0, 0.05) is 19.5 Å². The van der Waals surface area contributed by atoms with Crippen LogP contribution in [0.5, 0.6) is 5.75 Å². The highest BCUT2D eigenvalue weighted by Crippen LogP contribution is 2.33. The van der Waals surface area contributed by atoms with E-state index in [1.807, 2.05) is 44.2 Å². The summed E-state index contributed by atoms with van der Waals surface area (Å²) < 4.78 is 35.0. The maximum atomic E-state index is 14.6. The van der Waals surface area contributed by atoms with Crippen LogP contribution in [0.3, 0.4) is 0 Å². The molecule has 1 N–H and O–H groups in total. The second kappa shape index (κ2) is 16.0. The fourth-order valence-corrected chi connectivity index (χ4v) is 6.69. The van der Waals surface area contributed by atoms with Crippen molar-refractivity contribution in [1.29, 1.82) is 0 Å². The summed E-state index contributed by atoms with van der Waals surface area (Å²) in [6, 6.07) is 26.3. The van der Waals surface area contributed by atoms with Crippen LogP contribution in [0.2, 0.25) is 10.0 Å². The highest BCUT2D eigenvalue weighted by atomic mass is 35.5. The van der Waals surface area contributed by atoms with Crippen LogP contribution in [0.15, 0.2) is 102 Å². The van der Waals surface area contributed by atoms with E-state index in [1.165, 1.54) is 24.1 Å². The Morgan fingerprint density at radius 3 is 2.20 bits per heavy atom. The molecular formula is C35H37Cl2N3O5S. The lowest BCUT2D eigenvalue weighted by Crippen LogP contribution is -2.53. The van der Waals surface area contributed by atoms with Gasteiger partial charge in [-0.25, -0.2) is 8.42 Å². The Bertz CT molecular complexity index is 1750. The van der Waals surface area contributed by atoms with Gasteiger partial charge in [-0.2, -0.15) is 0 Å². The van der Waals surface area contributed by atoms with E-state index in [0.717, 1.165) is 15.4 Å². The third kappa shape index (κ3) is 8.60. The largest absolute Gasteiger partial charge is 0.495 e. The van der Waals surface area contributed by atoms with Gasteiger partial charge < -0.3 is 15.0 Å². The number of carbonyl (C=O) groups excluding carboxylic acids is 2. The number of anilines is 1. The number of rotatable bonds is 14. The monoisotopic (exact) mass is 681 g/mol. The standard InChI is InChI=1S/C35H37Cl2N3O5S/c1-4-20-38-35(42)32(22-26-10-6-5-7-11-26)39(23-27-16-19-29(36)30(37)21-27)34(41)24-40(31-12-8-9-13-33(31)45-3)46(43,44)28-17-14-25(2)15-18-28/h5-19,21,32H,4,20,22-24H2,1-3H3,(H,38,42). The van der Waals surface area contributed by atoms with Crippen LogP contribution in [-0.2, 0) is 32.6 Å².